The zero-order valence-electron chi connectivity index (χ0n) is 11.1. The van der Waals surface area contributed by atoms with Gasteiger partial charge >= 0.3 is 0 Å². The highest BCUT2D eigenvalue weighted by Crippen LogP contribution is 2.22. The Hall–Kier alpha value is -1.56. The van der Waals surface area contributed by atoms with Gasteiger partial charge in [-0.05, 0) is 19.3 Å². The van der Waals surface area contributed by atoms with Gasteiger partial charge in [0.2, 0.25) is 0 Å². The Bertz CT molecular complexity index is 443. The summed E-state index contributed by atoms with van der Waals surface area (Å²) in [5.74, 6) is 0.350. The molecule has 6 nitrogen and oxygen atoms in total. The van der Waals surface area contributed by atoms with Gasteiger partial charge < -0.3 is 15.4 Å². The Morgan fingerprint density at radius 3 is 2.89 bits per heavy atom. The molecular weight excluding hydrogens is 232 g/mol. The Labute approximate surface area is 106 Å². The smallest absolute Gasteiger partial charge is 0.276 e. The molecular formula is C12H20N4O2. The van der Waals surface area contributed by atoms with Crippen molar-refractivity contribution in [1.29, 1.82) is 0 Å². The van der Waals surface area contributed by atoms with Gasteiger partial charge in [0.1, 0.15) is 0 Å². The van der Waals surface area contributed by atoms with Crippen LogP contribution in [0.5, 0.6) is 0 Å². The number of nitrogen functional groups attached to an aromatic ring is 1. The molecule has 1 amide bonds. The van der Waals surface area contributed by atoms with Crippen molar-refractivity contribution in [1.82, 2.24) is 15.1 Å². The van der Waals surface area contributed by atoms with Crippen LogP contribution in [0.3, 0.4) is 0 Å². The Morgan fingerprint density at radius 1 is 1.61 bits per heavy atom. The molecule has 0 bridgehead atoms. The molecule has 3 N–H and O–H groups in total. The van der Waals surface area contributed by atoms with Crippen molar-refractivity contribution in [2.45, 2.75) is 26.4 Å². The van der Waals surface area contributed by atoms with E-state index in [0.717, 1.165) is 18.7 Å². The first-order chi connectivity index (χ1) is 8.54. The molecule has 1 aliphatic heterocycles. The SMILES string of the molecule is COC1CN(C(=O)c2n[nH]c(C)c2N)CCC1C. The van der Waals surface area contributed by atoms with E-state index in [2.05, 4.69) is 17.1 Å². The Kier molecular flexibility index (Phi) is 3.56. The van der Waals surface area contributed by atoms with Gasteiger partial charge in [-0.1, -0.05) is 6.92 Å². The van der Waals surface area contributed by atoms with E-state index in [4.69, 9.17) is 10.5 Å². The highest BCUT2D eigenvalue weighted by Gasteiger charge is 2.31. The summed E-state index contributed by atoms with van der Waals surface area (Å²) in [5, 5.41) is 6.72. The number of hydrogen-bond donors (Lipinski definition) is 2. The Morgan fingerprint density at radius 2 is 2.33 bits per heavy atom. The minimum absolute atomic E-state index is 0.0870. The molecule has 2 rings (SSSR count). The summed E-state index contributed by atoms with van der Waals surface area (Å²) in [6.45, 7) is 5.27. The van der Waals surface area contributed by atoms with Crippen LogP contribution in [0.25, 0.3) is 0 Å². The van der Waals surface area contributed by atoms with Crippen molar-refractivity contribution in [3.05, 3.63) is 11.4 Å². The van der Waals surface area contributed by atoms with Crippen molar-refractivity contribution in [3.8, 4) is 0 Å². The molecule has 0 aliphatic carbocycles. The number of ether oxygens (including phenoxy) is 1. The van der Waals surface area contributed by atoms with Crippen molar-refractivity contribution >= 4 is 11.6 Å². The number of aromatic nitrogens is 2. The topological polar surface area (TPSA) is 84.2 Å². The van der Waals surface area contributed by atoms with Gasteiger partial charge in [0, 0.05) is 20.2 Å². The summed E-state index contributed by atoms with van der Waals surface area (Å²) < 4.78 is 5.40. The lowest BCUT2D eigenvalue weighted by molar-refractivity contribution is -0.00173. The highest BCUT2D eigenvalue weighted by atomic mass is 16.5. The first kappa shape index (κ1) is 12.9. The monoisotopic (exact) mass is 252 g/mol. The number of aryl methyl sites for hydroxylation is 1. The minimum Gasteiger partial charge on any atom is -0.395 e. The Balaban J connectivity index is 2.12. The number of piperidine rings is 1. The fraction of sp³-hybridized carbons (Fsp3) is 0.667. The van der Waals surface area contributed by atoms with E-state index in [1.54, 1.807) is 18.9 Å². The van der Waals surface area contributed by atoms with Crippen LogP contribution in [-0.4, -0.2) is 47.3 Å². The summed E-state index contributed by atoms with van der Waals surface area (Å²) in [6, 6.07) is 0. The second kappa shape index (κ2) is 4.97. The summed E-state index contributed by atoms with van der Waals surface area (Å²) in [7, 11) is 1.68. The normalized spacial score (nSPS) is 24.3. The number of anilines is 1. The van der Waals surface area contributed by atoms with E-state index in [0.29, 0.717) is 23.8 Å². The van der Waals surface area contributed by atoms with Crippen LogP contribution in [0, 0.1) is 12.8 Å². The summed E-state index contributed by atoms with van der Waals surface area (Å²) in [4.78, 5) is 14.1. The maximum absolute atomic E-state index is 12.3. The predicted octanol–water partition coefficient (Wildman–Crippen LogP) is 0.797. The second-order valence-electron chi connectivity index (χ2n) is 4.90. The van der Waals surface area contributed by atoms with Crippen LogP contribution in [-0.2, 0) is 4.74 Å². The molecule has 0 aromatic carbocycles. The lowest BCUT2D eigenvalue weighted by Crippen LogP contribution is -2.46. The lowest BCUT2D eigenvalue weighted by atomic mass is 9.95. The number of carbonyl (C=O) groups excluding carboxylic acids is 1. The van der Waals surface area contributed by atoms with Crippen LogP contribution in [0.4, 0.5) is 5.69 Å². The summed E-state index contributed by atoms with van der Waals surface area (Å²) in [6.07, 6.45) is 1.03. The third-order valence-corrected chi connectivity index (χ3v) is 3.68. The van der Waals surface area contributed by atoms with E-state index in [-0.39, 0.29) is 12.0 Å². The fourth-order valence-corrected chi connectivity index (χ4v) is 2.28. The van der Waals surface area contributed by atoms with Gasteiger partial charge in [0.25, 0.3) is 5.91 Å². The maximum atomic E-state index is 12.3. The highest BCUT2D eigenvalue weighted by molar-refractivity contribution is 5.97. The quantitative estimate of drug-likeness (QED) is 0.815. The first-order valence-electron chi connectivity index (χ1n) is 6.17. The fourth-order valence-electron chi connectivity index (χ4n) is 2.28. The van der Waals surface area contributed by atoms with Crippen molar-refractivity contribution in [2.24, 2.45) is 5.92 Å². The number of amides is 1. The van der Waals surface area contributed by atoms with E-state index >= 15 is 0 Å². The molecule has 2 unspecified atom stereocenters. The molecule has 0 saturated carbocycles. The molecule has 1 saturated heterocycles. The van der Waals surface area contributed by atoms with Gasteiger partial charge in [-0.2, -0.15) is 5.10 Å². The number of H-pyrrole nitrogens is 1. The van der Waals surface area contributed by atoms with Crippen LogP contribution in [0.1, 0.15) is 29.5 Å². The molecule has 0 radical (unpaired) electrons. The largest absolute Gasteiger partial charge is 0.395 e. The van der Waals surface area contributed by atoms with Crippen molar-refractivity contribution in [3.63, 3.8) is 0 Å². The van der Waals surface area contributed by atoms with Gasteiger partial charge in [0.15, 0.2) is 5.69 Å². The maximum Gasteiger partial charge on any atom is 0.276 e. The van der Waals surface area contributed by atoms with Gasteiger partial charge in [-0.15, -0.1) is 0 Å². The zero-order chi connectivity index (χ0) is 13.3. The predicted molar refractivity (Wildman–Crippen MR) is 68.2 cm³/mol. The van der Waals surface area contributed by atoms with Crippen LogP contribution >= 0.6 is 0 Å². The number of methoxy groups -OCH3 is 1. The number of likely N-dealkylation sites (tertiary alicyclic amines) is 1. The van der Waals surface area contributed by atoms with Crippen LogP contribution < -0.4 is 5.73 Å². The number of hydrogen-bond acceptors (Lipinski definition) is 4. The van der Waals surface area contributed by atoms with Gasteiger partial charge in [0.05, 0.1) is 17.5 Å². The third-order valence-electron chi connectivity index (χ3n) is 3.68. The van der Waals surface area contributed by atoms with Crippen LogP contribution in [0.15, 0.2) is 0 Å². The van der Waals surface area contributed by atoms with E-state index in [1.807, 2.05) is 0 Å². The lowest BCUT2D eigenvalue weighted by Gasteiger charge is -2.35. The molecule has 1 aromatic heterocycles. The standard InChI is InChI=1S/C12H20N4O2/c1-7-4-5-16(6-9(7)18-3)12(17)11-10(13)8(2)14-15-11/h7,9H,4-6,13H2,1-3H3,(H,14,15). The van der Waals surface area contributed by atoms with Crippen molar-refractivity contribution < 1.29 is 9.53 Å². The average Bonchev–Trinajstić information content (AvgIpc) is 2.70. The van der Waals surface area contributed by atoms with E-state index < -0.39 is 0 Å². The third kappa shape index (κ3) is 2.20. The molecule has 6 heteroatoms. The first-order valence-corrected chi connectivity index (χ1v) is 6.17. The number of nitrogens with two attached hydrogens (primary N) is 1. The second-order valence-corrected chi connectivity index (χ2v) is 4.90. The average molecular weight is 252 g/mol. The molecule has 2 atom stereocenters. The summed E-state index contributed by atoms with van der Waals surface area (Å²) >= 11 is 0. The molecule has 0 spiro atoms. The molecule has 2 heterocycles. The molecule has 18 heavy (non-hydrogen) atoms. The summed E-state index contributed by atoms with van der Waals surface area (Å²) in [5.41, 5.74) is 7.32. The number of carbonyl (C=O) groups is 1. The van der Waals surface area contributed by atoms with E-state index in [1.165, 1.54) is 0 Å². The number of nitrogens with zero attached hydrogens (tertiary/aromatic N) is 2. The van der Waals surface area contributed by atoms with Crippen molar-refractivity contribution in [2.75, 3.05) is 25.9 Å². The molecule has 1 aromatic rings. The van der Waals surface area contributed by atoms with E-state index in [9.17, 15) is 4.79 Å². The number of nitrogens with one attached hydrogen (secondary N) is 1. The zero-order valence-corrected chi connectivity index (χ0v) is 11.1. The molecule has 1 aliphatic rings. The molecule has 100 valence electrons. The molecule has 1 fully saturated rings. The minimum atomic E-state index is -0.120. The van der Waals surface area contributed by atoms with Crippen LogP contribution in [0.2, 0.25) is 0 Å². The van der Waals surface area contributed by atoms with Gasteiger partial charge in [-0.25, -0.2) is 0 Å². The number of rotatable bonds is 2. The number of aromatic amines is 1. The van der Waals surface area contributed by atoms with Gasteiger partial charge in [-0.3, -0.25) is 9.89 Å².